The van der Waals surface area contributed by atoms with Crippen molar-refractivity contribution in [3.05, 3.63) is 29.3 Å². The van der Waals surface area contributed by atoms with Crippen LogP contribution in [0, 0.1) is 6.92 Å². The highest BCUT2D eigenvalue weighted by Crippen LogP contribution is 2.23. The van der Waals surface area contributed by atoms with Crippen LogP contribution in [0.4, 0.5) is 5.69 Å². The minimum absolute atomic E-state index is 0.203. The number of hydrogen-bond donors (Lipinski definition) is 1. The molecule has 2 amide bonds. The summed E-state index contributed by atoms with van der Waals surface area (Å²) in [6.45, 7) is 6.77. The zero-order valence-electron chi connectivity index (χ0n) is 13.8. The van der Waals surface area contributed by atoms with Gasteiger partial charge in [-0.15, -0.1) is 0 Å². The number of rotatable bonds is 3. The molecule has 1 saturated heterocycles. The van der Waals surface area contributed by atoms with E-state index >= 15 is 0 Å². The Kier molecular flexibility index (Phi) is 5.58. The second kappa shape index (κ2) is 7.43. The summed E-state index contributed by atoms with van der Waals surface area (Å²) >= 11 is 0. The van der Waals surface area contributed by atoms with Gasteiger partial charge in [0.1, 0.15) is 0 Å². The van der Waals surface area contributed by atoms with E-state index in [2.05, 4.69) is 12.2 Å². The van der Waals surface area contributed by atoms with Gasteiger partial charge in [0.2, 0.25) is 0 Å². The minimum Gasteiger partial charge on any atom is -0.331 e. The molecule has 1 aromatic rings. The molecule has 1 aromatic carbocycles. The van der Waals surface area contributed by atoms with Crippen LogP contribution in [0.2, 0.25) is 0 Å². The van der Waals surface area contributed by atoms with Gasteiger partial charge in [0.15, 0.2) is 0 Å². The molecule has 2 rings (SSSR count). The van der Waals surface area contributed by atoms with Crippen molar-refractivity contribution in [3.8, 4) is 0 Å². The van der Waals surface area contributed by atoms with Crippen LogP contribution in [-0.4, -0.2) is 29.3 Å². The van der Waals surface area contributed by atoms with Gasteiger partial charge in [-0.3, -0.25) is 9.59 Å². The van der Waals surface area contributed by atoms with Gasteiger partial charge in [-0.05, 0) is 50.2 Å². The topological polar surface area (TPSA) is 49.4 Å². The number of nitrogens with one attached hydrogen (secondary N) is 1. The third kappa shape index (κ3) is 3.49. The molecule has 0 aliphatic carbocycles. The third-order valence-corrected chi connectivity index (χ3v) is 4.53. The molecule has 1 N–H and O–H groups in total. The Morgan fingerprint density at radius 2 is 2.05 bits per heavy atom. The van der Waals surface area contributed by atoms with Gasteiger partial charge in [0.05, 0.1) is 0 Å². The fraction of sp³-hybridized carbons (Fsp3) is 0.556. The van der Waals surface area contributed by atoms with E-state index in [0.717, 1.165) is 48.9 Å². The summed E-state index contributed by atoms with van der Waals surface area (Å²) in [7, 11) is 0. The lowest BCUT2D eigenvalue weighted by molar-refractivity contribution is -0.145. The van der Waals surface area contributed by atoms with Crippen molar-refractivity contribution in [1.29, 1.82) is 0 Å². The van der Waals surface area contributed by atoms with Crippen molar-refractivity contribution >= 4 is 17.5 Å². The molecule has 0 aromatic heterocycles. The summed E-state index contributed by atoms with van der Waals surface area (Å²) in [4.78, 5) is 26.6. The fourth-order valence-corrected chi connectivity index (χ4v) is 3.19. The molecule has 0 spiro atoms. The van der Waals surface area contributed by atoms with E-state index in [4.69, 9.17) is 0 Å². The van der Waals surface area contributed by atoms with Crippen LogP contribution < -0.4 is 5.32 Å². The number of likely N-dealkylation sites (tertiary alicyclic amines) is 1. The molecule has 1 unspecified atom stereocenters. The normalized spacial score (nSPS) is 18.1. The number of nitrogens with zero attached hydrogens (tertiary/aromatic N) is 1. The molecule has 0 bridgehead atoms. The van der Waals surface area contributed by atoms with Gasteiger partial charge in [-0.25, -0.2) is 0 Å². The maximum Gasteiger partial charge on any atom is 0.313 e. The summed E-state index contributed by atoms with van der Waals surface area (Å²) in [5.74, 6) is -0.902. The van der Waals surface area contributed by atoms with Gasteiger partial charge in [-0.2, -0.15) is 0 Å². The summed E-state index contributed by atoms with van der Waals surface area (Å²) in [6.07, 6.45) is 4.86. The van der Waals surface area contributed by atoms with Crippen LogP contribution in [-0.2, 0) is 16.0 Å². The number of anilines is 1. The quantitative estimate of drug-likeness (QED) is 0.871. The van der Waals surface area contributed by atoms with Crippen LogP contribution in [0.15, 0.2) is 18.2 Å². The lowest BCUT2D eigenvalue weighted by Crippen LogP contribution is -2.48. The number of para-hydroxylation sites is 1. The molecule has 1 aliphatic rings. The van der Waals surface area contributed by atoms with Crippen molar-refractivity contribution in [2.75, 3.05) is 11.9 Å². The standard InChI is InChI=1S/C18H26N2O2/c1-4-14-10-8-9-13(3)16(14)19-17(21)18(22)20-12-7-6-11-15(20)5-2/h8-10,15H,4-7,11-12H2,1-3H3,(H,19,21). The average molecular weight is 302 g/mol. The molecular formula is C18H26N2O2. The summed E-state index contributed by atoms with van der Waals surface area (Å²) in [6, 6.07) is 6.12. The lowest BCUT2D eigenvalue weighted by atomic mass is 10.00. The van der Waals surface area contributed by atoms with E-state index in [-0.39, 0.29) is 6.04 Å². The number of aryl methyl sites for hydroxylation is 2. The Morgan fingerprint density at radius 3 is 2.73 bits per heavy atom. The third-order valence-electron chi connectivity index (χ3n) is 4.53. The molecule has 1 fully saturated rings. The van der Waals surface area contributed by atoms with Crippen LogP contribution in [0.5, 0.6) is 0 Å². The smallest absolute Gasteiger partial charge is 0.313 e. The maximum absolute atomic E-state index is 12.5. The van der Waals surface area contributed by atoms with Crippen LogP contribution >= 0.6 is 0 Å². The molecule has 120 valence electrons. The molecule has 1 atom stereocenters. The van der Waals surface area contributed by atoms with Gasteiger partial charge in [-0.1, -0.05) is 32.0 Å². The number of amides is 2. The number of hydrogen-bond acceptors (Lipinski definition) is 2. The van der Waals surface area contributed by atoms with Gasteiger partial charge >= 0.3 is 11.8 Å². The molecular weight excluding hydrogens is 276 g/mol. The largest absolute Gasteiger partial charge is 0.331 e. The maximum atomic E-state index is 12.5. The molecule has 22 heavy (non-hydrogen) atoms. The molecule has 4 nitrogen and oxygen atoms in total. The van der Waals surface area contributed by atoms with E-state index in [1.807, 2.05) is 32.0 Å². The van der Waals surface area contributed by atoms with Crippen molar-refractivity contribution in [2.24, 2.45) is 0 Å². The summed E-state index contributed by atoms with van der Waals surface area (Å²) in [5.41, 5.74) is 2.84. The first-order valence-electron chi connectivity index (χ1n) is 8.28. The van der Waals surface area contributed by atoms with Crippen LogP contribution in [0.25, 0.3) is 0 Å². The zero-order valence-corrected chi connectivity index (χ0v) is 13.8. The highest BCUT2D eigenvalue weighted by molar-refractivity contribution is 6.39. The molecule has 1 heterocycles. The molecule has 4 heteroatoms. The predicted molar refractivity (Wildman–Crippen MR) is 88.8 cm³/mol. The van der Waals surface area contributed by atoms with E-state index < -0.39 is 11.8 Å². The van der Waals surface area contributed by atoms with E-state index in [1.165, 1.54) is 0 Å². The number of carbonyl (C=O) groups excluding carboxylic acids is 2. The Balaban J connectivity index is 2.13. The van der Waals surface area contributed by atoms with E-state index in [9.17, 15) is 9.59 Å². The van der Waals surface area contributed by atoms with Gasteiger partial charge < -0.3 is 10.2 Å². The van der Waals surface area contributed by atoms with E-state index in [0.29, 0.717) is 6.54 Å². The Bertz CT molecular complexity index is 554. The van der Waals surface area contributed by atoms with Crippen molar-refractivity contribution < 1.29 is 9.59 Å². The van der Waals surface area contributed by atoms with E-state index in [1.54, 1.807) is 4.90 Å². The monoisotopic (exact) mass is 302 g/mol. The fourth-order valence-electron chi connectivity index (χ4n) is 3.19. The van der Waals surface area contributed by atoms with Gasteiger partial charge in [0, 0.05) is 18.3 Å². The SMILES string of the molecule is CCc1cccc(C)c1NC(=O)C(=O)N1CCCCC1CC. The molecule has 0 saturated carbocycles. The number of carbonyl (C=O) groups is 2. The summed E-state index contributed by atoms with van der Waals surface area (Å²) < 4.78 is 0. The highest BCUT2D eigenvalue weighted by Gasteiger charge is 2.30. The molecule has 1 aliphatic heterocycles. The second-order valence-electron chi connectivity index (χ2n) is 5.97. The van der Waals surface area contributed by atoms with Crippen LogP contribution in [0.1, 0.15) is 50.7 Å². The average Bonchev–Trinajstić information content (AvgIpc) is 2.55. The minimum atomic E-state index is -0.510. The predicted octanol–water partition coefficient (Wildman–Crippen LogP) is 3.29. The van der Waals surface area contributed by atoms with Gasteiger partial charge in [0.25, 0.3) is 0 Å². The Labute approximate surface area is 132 Å². The first-order chi connectivity index (χ1) is 10.6. The number of piperidine rings is 1. The number of benzene rings is 1. The lowest BCUT2D eigenvalue weighted by Gasteiger charge is -2.34. The summed E-state index contributed by atoms with van der Waals surface area (Å²) in [5, 5.41) is 2.84. The Morgan fingerprint density at radius 1 is 1.27 bits per heavy atom. The van der Waals surface area contributed by atoms with Crippen molar-refractivity contribution in [1.82, 2.24) is 4.90 Å². The van der Waals surface area contributed by atoms with Crippen molar-refractivity contribution in [2.45, 2.75) is 58.9 Å². The van der Waals surface area contributed by atoms with Crippen LogP contribution in [0.3, 0.4) is 0 Å². The van der Waals surface area contributed by atoms with Crippen molar-refractivity contribution in [3.63, 3.8) is 0 Å². The first kappa shape index (κ1) is 16.5. The zero-order chi connectivity index (χ0) is 16.1. The second-order valence-corrected chi connectivity index (χ2v) is 5.97. The molecule has 0 radical (unpaired) electrons. The Hall–Kier alpha value is -1.84. The first-order valence-corrected chi connectivity index (χ1v) is 8.28. The highest BCUT2D eigenvalue weighted by atomic mass is 16.2.